The number of nitrogens with two attached hydrogens (primary N) is 1. The van der Waals surface area contributed by atoms with E-state index in [1.54, 1.807) is 7.05 Å². The highest BCUT2D eigenvalue weighted by Crippen LogP contribution is 2.27. The number of imidazole rings is 1. The second-order valence-electron chi connectivity index (χ2n) is 4.14. The Bertz CT molecular complexity index is 491. The van der Waals surface area contributed by atoms with Crippen molar-refractivity contribution in [2.24, 2.45) is 7.05 Å². The van der Waals surface area contributed by atoms with Gasteiger partial charge in [0.2, 0.25) is 0 Å². The number of anilines is 1. The molecule has 0 spiro atoms. The van der Waals surface area contributed by atoms with Gasteiger partial charge < -0.3 is 15.4 Å². The van der Waals surface area contributed by atoms with E-state index in [4.69, 9.17) is 5.73 Å². The van der Waals surface area contributed by atoms with Crippen LogP contribution in [0.1, 0.15) is 12.8 Å². The molecule has 1 aliphatic rings. The highest BCUT2D eigenvalue weighted by molar-refractivity contribution is 7.89. The minimum absolute atomic E-state index is 0.00199. The molecule has 1 atom stereocenters. The third-order valence-corrected chi connectivity index (χ3v) is 5.08. The van der Waals surface area contributed by atoms with Gasteiger partial charge in [0.1, 0.15) is 0 Å². The van der Waals surface area contributed by atoms with Crippen LogP contribution in [0.15, 0.2) is 11.4 Å². The molecule has 0 radical (unpaired) electrons. The van der Waals surface area contributed by atoms with Crippen molar-refractivity contribution in [2.75, 3.05) is 18.9 Å². The van der Waals surface area contributed by atoms with Crippen LogP contribution in [-0.2, 0) is 17.1 Å². The molecule has 1 fully saturated rings. The minimum Gasteiger partial charge on any atom is -0.395 e. The van der Waals surface area contributed by atoms with Crippen LogP contribution in [0.5, 0.6) is 0 Å². The predicted octanol–water partition coefficient (Wildman–Crippen LogP) is -0.852. The summed E-state index contributed by atoms with van der Waals surface area (Å²) in [7, 11) is -2.09. The number of nitrogens with zero attached hydrogens (tertiary/aromatic N) is 3. The number of nitrogen functional groups attached to an aromatic ring is 1. The first-order valence-corrected chi connectivity index (χ1v) is 6.82. The van der Waals surface area contributed by atoms with Crippen LogP contribution in [0.3, 0.4) is 0 Å². The SMILES string of the molecule is Cn1cnc(N)c1S(=O)(=O)N1CCCC1CO. The monoisotopic (exact) mass is 260 g/mol. The lowest BCUT2D eigenvalue weighted by Crippen LogP contribution is -2.38. The van der Waals surface area contributed by atoms with Gasteiger partial charge in [0.25, 0.3) is 10.0 Å². The van der Waals surface area contributed by atoms with Crippen LogP contribution in [0.4, 0.5) is 5.82 Å². The zero-order valence-corrected chi connectivity index (χ0v) is 10.4. The van der Waals surface area contributed by atoms with Gasteiger partial charge in [-0.2, -0.15) is 4.31 Å². The molecule has 0 aromatic carbocycles. The third-order valence-electron chi connectivity index (χ3n) is 3.00. The van der Waals surface area contributed by atoms with E-state index in [2.05, 4.69) is 4.98 Å². The number of hydrogen-bond acceptors (Lipinski definition) is 5. The maximum absolute atomic E-state index is 12.4. The van der Waals surface area contributed by atoms with Gasteiger partial charge in [0.15, 0.2) is 10.8 Å². The van der Waals surface area contributed by atoms with Gasteiger partial charge in [-0.3, -0.25) is 0 Å². The molecule has 3 N–H and O–H groups in total. The first-order chi connectivity index (χ1) is 7.98. The van der Waals surface area contributed by atoms with Gasteiger partial charge in [-0.05, 0) is 12.8 Å². The van der Waals surface area contributed by atoms with Gasteiger partial charge in [-0.15, -0.1) is 0 Å². The topological polar surface area (TPSA) is 101 Å². The molecule has 0 saturated carbocycles. The Balaban J connectivity index is 2.43. The second-order valence-corrected chi connectivity index (χ2v) is 5.95. The van der Waals surface area contributed by atoms with Crippen molar-refractivity contribution in [3.8, 4) is 0 Å². The smallest absolute Gasteiger partial charge is 0.262 e. The van der Waals surface area contributed by atoms with E-state index in [1.165, 1.54) is 15.2 Å². The fourth-order valence-corrected chi connectivity index (χ4v) is 4.05. The van der Waals surface area contributed by atoms with Crippen molar-refractivity contribution in [3.63, 3.8) is 0 Å². The zero-order valence-electron chi connectivity index (χ0n) is 9.57. The third kappa shape index (κ3) is 1.92. The van der Waals surface area contributed by atoms with E-state index in [1.807, 2.05) is 0 Å². The Hall–Kier alpha value is -1.12. The van der Waals surface area contributed by atoms with E-state index < -0.39 is 10.0 Å². The Kier molecular flexibility index (Phi) is 3.11. The van der Waals surface area contributed by atoms with Gasteiger partial charge in [-0.25, -0.2) is 13.4 Å². The average Bonchev–Trinajstić information content (AvgIpc) is 2.85. The van der Waals surface area contributed by atoms with Gasteiger partial charge in [0, 0.05) is 19.6 Å². The highest BCUT2D eigenvalue weighted by Gasteiger charge is 2.37. The molecule has 96 valence electrons. The van der Waals surface area contributed by atoms with Crippen molar-refractivity contribution < 1.29 is 13.5 Å². The summed E-state index contributed by atoms with van der Waals surface area (Å²) in [6, 6.07) is -0.353. The minimum atomic E-state index is -3.67. The van der Waals surface area contributed by atoms with Gasteiger partial charge in [-0.1, -0.05) is 0 Å². The largest absolute Gasteiger partial charge is 0.395 e. The van der Waals surface area contributed by atoms with Crippen LogP contribution in [0.25, 0.3) is 0 Å². The number of rotatable bonds is 3. The Morgan fingerprint density at radius 3 is 2.88 bits per heavy atom. The standard InChI is InChI=1S/C9H16N4O3S/c1-12-6-11-8(10)9(12)17(15,16)13-4-2-3-7(13)5-14/h6-7,14H,2-5,10H2,1H3. The van der Waals surface area contributed by atoms with Gasteiger partial charge >= 0.3 is 0 Å². The lowest BCUT2D eigenvalue weighted by atomic mass is 10.2. The summed E-state index contributed by atoms with van der Waals surface area (Å²) >= 11 is 0. The van der Waals surface area contributed by atoms with Crippen molar-refractivity contribution in [2.45, 2.75) is 23.9 Å². The molecular formula is C9H16N4O3S. The van der Waals surface area contributed by atoms with Gasteiger partial charge in [0.05, 0.1) is 12.9 Å². The summed E-state index contributed by atoms with van der Waals surface area (Å²) < 4.78 is 27.5. The van der Waals surface area contributed by atoms with Crippen LogP contribution < -0.4 is 5.73 Å². The number of aryl methyl sites for hydroxylation is 1. The highest BCUT2D eigenvalue weighted by atomic mass is 32.2. The molecule has 7 nitrogen and oxygen atoms in total. The van der Waals surface area contributed by atoms with E-state index in [-0.39, 0.29) is 23.5 Å². The molecule has 0 aliphatic carbocycles. The maximum atomic E-state index is 12.4. The molecule has 0 amide bonds. The molecule has 2 heterocycles. The van der Waals surface area contributed by atoms with Crippen molar-refractivity contribution in [1.29, 1.82) is 0 Å². The Morgan fingerprint density at radius 2 is 2.35 bits per heavy atom. The molecule has 17 heavy (non-hydrogen) atoms. The zero-order chi connectivity index (χ0) is 12.6. The van der Waals surface area contributed by atoms with Crippen molar-refractivity contribution >= 4 is 15.8 Å². The fraction of sp³-hybridized carbons (Fsp3) is 0.667. The van der Waals surface area contributed by atoms with Crippen molar-refractivity contribution in [3.05, 3.63) is 6.33 Å². The molecule has 2 rings (SSSR count). The molecule has 1 aromatic heterocycles. The fourth-order valence-electron chi connectivity index (χ4n) is 2.17. The van der Waals surface area contributed by atoms with Crippen LogP contribution in [0.2, 0.25) is 0 Å². The summed E-state index contributed by atoms with van der Waals surface area (Å²) in [6.45, 7) is 0.245. The summed E-state index contributed by atoms with van der Waals surface area (Å²) in [5.41, 5.74) is 5.58. The molecule has 0 bridgehead atoms. The van der Waals surface area contributed by atoms with E-state index in [9.17, 15) is 13.5 Å². The average molecular weight is 260 g/mol. The predicted molar refractivity (Wildman–Crippen MR) is 61.6 cm³/mol. The Labute approximate surface area is 99.9 Å². The lowest BCUT2D eigenvalue weighted by Gasteiger charge is -2.22. The number of hydrogen-bond donors (Lipinski definition) is 2. The quantitative estimate of drug-likeness (QED) is 0.737. The van der Waals surface area contributed by atoms with Crippen LogP contribution >= 0.6 is 0 Å². The summed E-state index contributed by atoms with van der Waals surface area (Å²) in [6.07, 6.45) is 2.79. The first-order valence-electron chi connectivity index (χ1n) is 5.38. The normalized spacial score (nSPS) is 22.1. The lowest BCUT2D eigenvalue weighted by molar-refractivity contribution is 0.213. The summed E-state index contributed by atoms with van der Waals surface area (Å²) in [5, 5.41) is 9.17. The molecule has 1 aliphatic heterocycles. The molecule has 1 aromatic rings. The molecular weight excluding hydrogens is 244 g/mol. The maximum Gasteiger partial charge on any atom is 0.262 e. The molecule has 1 saturated heterocycles. The summed E-state index contributed by atoms with van der Waals surface area (Å²) in [5.74, 6) is -0.00362. The summed E-state index contributed by atoms with van der Waals surface area (Å²) in [4.78, 5) is 3.78. The Morgan fingerprint density at radius 1 is 1.65 bits per heavy atom. The van der Waals surface area contributed by atoms with E-state index in [0.29, 0.717) is 13.0 Å². The van der Waals surface area contributed by atoms with Crippen LogP contribution in [0, 0.1) is 0 Å². The van der Waals surface area contributed by atoms with Crippen molar-refractivity contribution in [1.82, 2.24) is 13.9 Å². The molecule has 8 heteroatoms. The number of aromatic nitrogens is 2. The number of aliphatic hydroxyl groups excluding tert-OH is 1. The van der Waals surface area contributed by atoms with E-state index in [0.717, 1.165) is 6.42 Å². The molecule has 1 unspecified atom stereocenters. The van der Waals surface area contributed by atoms with E-state index >= 15 is 0 Å². The number of aliphatic hydroxyl groups is 1. The number of sulfonamides is 1. The second kappa shape index (κ2) is 4.28. The van der Waals surface area contributed by atoms with Crippen LogP contribution in [-0.4, -0.2) is 46.6 Å². The first kappa shape index (κ1) is 12.3.